The Balaban J connectivity index is 1.94. The fourth-order valence-electron chi connectivity index (χ4n) is 3.30. The molecule has 98 valence electrons. The molecular weight excluding hydrogens is 216 g/mol. The minimum absolute atomic E-state index is 0.0323. The summed E-state index contributed by atoms with van der Waals surface area (Å²) < 4.78 is 11.4. The molecule has 2 unspecified atom stereocenters. The van der Waals surface area contributed by atoms with E-state index in [1.807, 2.05) is 13.8 Å². The molecule has 1 aliphatic carbocycles. The second-order valence-corrected chi connectivity index (χ2v) is 5.43. The summed E-state index contributed by atoms with van der Waals surface area (Å²) >= 11 is 0. The first-order valence-corrected chi connectivity index (χ1v) is 6.96. The first-order chi connectivity index (χ1) is 8.17. The van der Waals surface area contributed by atoms with Crippen molar-refractivity contribution in [3.05, 3.63) is 0 Å². The third-order valence-corrected chi connectivity index (χ3v) is 4.23. The van der Waals surface area contributed by atoms with Crippen LogP contribution in [0.1, 0.15) is 52.4 Å². The SMILES string of the molecule is CCOC(C)C(=O)C1CCOC2(CCCC2)C1. The topological polar surface area (TPSA) is 35.5 Å². The number of rotatable bonds is 4. The van der Waals surface area contributed by atoms with E-state index < -0.39 is 0 Å². The summed E-state index contributed by atoms with van der Waals surface area (Å²) in [5.41, 5.74) is 0.0323. The van der Waals surface area contributed by atoms with E-state index in [0.717, 1.165) is 32.3 Å². The van der Waals surface area contributed by atoms with Gasteiger partial charge >= 0.3 is 0 Å². The van der Waals surface area contributed by atoms with Crippen LogP contribution in [0.2, 0.25) is 0 Å². The lowest BCUT2D eigenvalue weighted by Crippen LogP contribution is -2.42. The lowest BCUT2D eigenvalue weighted by atomic mass is 9.81. The van der Waals surface area contributed by atoms with Gasteiger partial charge in [-0.2, -0.15) is 0 Å². The van der Waals surface area contributed by atoms with Gasteiger partial charge in [0.05, 0.1) is 5.60 Å². The lowest BCUT2D eigenvalue weighted by Gasteiger charge is -2.38. The van der Waals surface area contributed by atoms with E-state index in [1.54, 1.807) is 0 Å². The Bertz CT molecular complexity index is 269. The van der Waals surface area contributed by atoms with Crippen LogP contribution in [0.15, 0.2) is 0 Å². The molecule has 0 N–H and O–H groups in total. The molecule has 0 aromatic heterocycles. The fraction of sp³-hybridized carbons (Fsp3) is 0.929. The highest BCUT2D eigenvalue weighted by Gasteiger charge is 2.42. The van der Waals surface area contributed by atoms with E-state index in [-0.39, 0.29) is 23.4 Å². The van der Waals surface area contributed by atoms with Crippen molar-refractivity contribution in [1.29, 1.82) is 0 Å². The number of carbonyl (C=O) groups is 1. The summed E-state index contributed by atoms with van der Waals surface area (Å²) in [7, 11) is 0. The zero-order valence-corrected chi connectivity index (χ0v) is 11.0. The van der Waals surface area contributed by atoms with Crippen LogP contribution >= 0.6 is 0 Å². The maximum atomic E-state index is 12.2. The Morgan fingerprint density at radius 1 is 1.47 bits per heavy atom. The van der Waals surface area contributed by atoms with E-state index >= 15 is 0 Å². The van der Waals surface area contributed by atoms with E-state index in [4.69, 9.17) is 9.47 Å². The van der Waals surface area contributed by atoms with Crippen LogP contribution in [0.3, 0.4) is 0 Å². The van der Waals surface area contributed by atoms with Crippen LogP contribution < -0.4 is 0 Å². The zero-order valence-electron chi connectivity index (χ0n) is 11.0. The monoisotopic (exact) mass is 240 g/mol. The van der Waals surface area contributed by atoms with Gasteiger partial charge in [-0.3, -0.25) is 4.79 Å². The van der Waals surface area contributed by atoms with Crippen molar-refractivity contribution >= 4 is 5.78 Å². The second-order valence-electron chi connectivity index (χ2n) is 5.43. The van der Waals surface area contributed by atoms with Crippen molar-refractivity contribution in [2.45, 2.75) is 64.1 Å². The van der Waals surface area contributed by atoms with Gasteiger partial charge in [0.1, 0.15) is 6.10 Å². The molecule has 1 spiro atoms. The second kappa shape index (κ2) is 5.49. The van der Waals surface area contributed by atoms with E-state index in [0.29, 0.717) is 6.61 Å². The molecular formula is C14H24O3. The van der Waals surface area contributed by atoms with Gasteiger partial charge in [0.15, 0.2) is 5.78 Å². The van der Waals surface area contributed by atoms with Crippen molar-refractivity contribution in [2.75, 3.05) is 13.2 Å². The standard InChI is InChI=1S/C14H24O3/c1-3-16-11(2)13(15)12-6-9-17-14(10-12)7-4-5-8-14/h11-12H,3-10H2,1-2H3. The Morgan fingerprint density at radius 3 is 2.82 bits per heavy atom. The Hall–Kier alpha value is -0.410. The first-order valence-electron chi connectivity index (χ1n) is 6.96. The molecule has 2 atom stereocenters. The molecule has 0 aromatic carbocycles. The summed E-state index contributed by atoms with van der Waals surface area (Å²) in [5, 5.41) is 0. The molecule has 1 saturated carbocycles. The minimum Gasteiger partial charge on any atom is -0.375 e. The van der Waals surface area contributed by atoms with Crippen LogP contribution in [0.5, 0.6) is 0 Å². The van der Waals surface area contributed by atoms with Crippen LogP contribution in [-0.2, 0) is 14.3 Å². The summed E-state index contributed by atoms with van der Waals surface area (Å²) in [6.45, 7) is 5.17. The maximum Gasteiger partial charge on any atom is 0.164 e. The first kappa shape index (κ1) is 13.0. The molecule has 3 heteroatoms. The van der Waals surface area contributed by atoms with Crippen LogP contribution in [0.4, 0.5) is 0 Å². The Kier molecular flexibility index (Phi) is 4.21. The molecule has 3 nitrogen and oxygen atoms in total. The third-order valence-electron chi connectivity index (χ3n) is 4.23. The molecule has 0 radical (unpaired) electrons. The van der Waals surface area contributed by atoms with Gasteiger partial charge in [-0.15, -0.1) is 0 Å². The van der Waals surface area contributed by atoms with Gasteiger partial charge in [0.2, 0.25) is 0 Å². The van der Waals surface area contributed by atoms with E-state index in [2.05, 4.69) is 0 Å². The van der Waals surface area contributed by atoms with Crippen molar-refractivity contribution in [2.24, 2.45) is 5.92 Å². The number of hydrogen-bond donors (Lipinski definition) is 0. The Labute approximate surface area is 104 Å². The Morgan fingerprint density at radius 2 is 2.18 bits per heavy atom. The highest BCUT2D eigenvalue weighted by atomic mass is 16.5. The highest BCUT2D eigenvalue weighted by molar-refractivity contribution is 5.85. The van der Waals surface area contributed by atoms with Crippen molar-refractivity contribution in [3.8, 4) is 0 Å². The summed E-state index contributed by atoms with van der Waals surface area (Å²) in [6, 6.07) is 0. The minimum atomic E-state index is -0.249. The van der Waals surface area contributed by atoms with E-state index in [9.17, 15) is 4.79 Å². The van der Waals surface area contributed by atoms with E-state index in [1.165, 1.54) is 12.8 Å². The molecule has 0 aromatic rings. The molecule has 17 heavy (non-hydrogen) atoms. The summed E-state index contributed by atoms with van der Waals surface area (Å²) in [6.07, 6.45) is 6.33. The van der Waals surface area contributed by atoms with Gasteiger partial charge in [-0.1, -0.05) is 12.8 Å². The predicted octanol–water partition coefficient (Wildman–Crippen LogP) is 2.72. The molecule has 0 amide bonds. The highest BCUT2D eigenvalue weighted by Crippen LogP contribution is 2.42. The molecule has 2 rings (SSSR count). The van der Waals surface area contributed by atoms with Gasteiger partial charge in [0, 0.05) is 19.1 Å². The quantitative estimate of drug-likeness (QED) is 0.758. The molecule has 0 bridgehead atoms. The fourth-order valence-corrected chi connectivity index (χ4v) is 3.30. The lowest BCUT2D eigenvalue weighted by molar-refractivity contribution is -0.145. The van der Waals surface area contributed by atoms with Gasteiger partial charge < -0.3 is 9.47 Å². The van der Waals surface area contributed by atoms with Gasteiger partial charge in [-0.05, 0) is 39.5 Å². The normalized spacial score (nSPS) is 29.4. The van der Waals surface area contributed by atoms with Crippen molar-refractivity contribution < 1.29 is 14.3 Å². The van der Waals surface area contributed by atoms with Gasteiger partial charge in [-0.25, -0.2) is 0 Å². The average molecular weight is 240 g/mol. The van der Waals surface area contributed by atoms with Gasteiger partial charge in [0.25, 0.3) is 0 Å². The number of carbonyl (C=O) groups excluding carboxylic acids is 1. The zero-order chi connectivity index (χ0) is 12.3. The van der Waals surface area contributed by atoms with Crippen LogP contribution in [-0.4, -0.2) is 30.7 Å². The molecule has 1 heterocycles. The largest absolute Gasteiger partial charge is 0.375 e. The summed E-state index contributed by atoms with van der Waals surface area (Å²) in [4.78, 5) is 12.2. The molecule has 1 saturated heterocycles. The number of ketones is 1. The third kappa shape index (κ3) is 2.89. The average Bonchev–Trinajstić information content (AvgIpc) is 2.76. The number of Topliss-reactive ketones (excluding diaryl/α,β-unsaturated/α-hetero) is 1. The van der Waals surface area contributed by atoms with Crippen LogP contribution in [0, 0.1) is 5.92 Å². The predicted molar refractivity (Wildman–Crippen MR) is 66.0 cm³/mol. The van der Waals surface area contributed by atoms with Crippen molar-refractivity contribution in [1.82, 2.24) is 0 Å². The number of ether oxygens (including phenoxy) is 2. The molecule has 1 aliphatic heterocycles. The molecule has 2 fully saturated rings. The summed E-state index contributed by atoms with van der Waals surface area (Å²) in [5.74, 6) is 0.435. The molecule has 2 aliphatic rings. The van der Waals surface area contributed by atoms with Crippen molar-refractivity contribution in [3.63, 3.8) is 0 Å². The maximum absolute atomic E-state index is 12.2. The smallest absolute Gasteiger partial charge is 0.164 e. The number of hydrogen-bond acceptors (Lipinski definition) is 3. The van der Waals surface area contributed by atoms with Crippen LogP contribution in [0.25, 0.3) is 0 Å².